The SMILES string of the molecule is CCSC1(C(=O)O)COC1. The molecule has 1 aliphatic heterocycles. The maximum atomic E-state index is 10.6. The first-order chi connectivity index (χ1) is 4.71. The van der Waals surface area contributed by atoms with Gasteiger partial charge in [0.15, 0.2) is 4.75 Å². The van der Waals surface area contributed by atoms with Gasteiger partial charge >= 0.3 is 5.97 Å². The van der Waals surface area contributed by atoms with Crippen LogP contribution in [0.5, 0.6) is 0 Å². The number of aliphatic carboxylic acids is 1. The Kier molecular flexibility index (Phi) is 2.21. The van der Waals surface area contributed by atoms with Crippen molar-refractivity contribution in [3.05, 3.63) is 0 Å². The van der Waals surface area contributed by atoms with E-state index in [1.165, 1.54) is 11.8 Å². The van der Waals surface area contributed by atoms with Crippen molar-refractivity contribution in [2.24, 2.45) is 0 Å². The van der Waals surface area contributed by atoms with Gasteiger partial charge in [-0.2, -0.15) is 0 Å². The highest BCUT2D eigenvalue weighted by Gasteiger charge is 2.46. The van der Waals surface area contributed by atoms with Crippen molar-refractivity contribution in [2.75, 3.05) is 19.0 Å². The molecule has 0 unspecified atom stereocenters. The van der Waals surface area contributed by atoms with Gasteiger partial charge < -0.3 is 9.84 Å². The predicted molar refractivity (Wildman–Crippen MR) is 39.3 cm³/mol. The molecule has 1 heterocycles. The number of carboxylic acids is 1. The van der Waals surface area contributed by atoms with Crippen LogP contribution >= 0.6 is 11.8 Å². The fraction of sp³-hybridized carbons (Fsp3) is 0.833. The summed E-state index contributed by atoms with van der Waals surface area (Å²) in [6, 6.07) is 0. The van der Waals surface area contributed by atoms with Gasteiger partial charge in [0.2, 0.25) is 0 Å². The normalized spacial score (nSPS) is 21.7. The van der Waals surface area contributed by atoms with Crippen molar-refractivity contribution in [3.8, 4) is 0 Å². The van der Waals surface area contributed by atoms with Crippen LogP contribution in [0, 0.1) is 0 Å². The zero-order valence-corrected chi connectivity index (χ0v) is 6.61. The fourth-order valence-electron chi connectivity index (χ4n) is 0.832. The van der Waals surface area contributed by atoms with Crippen LogP contribution in [0.3, 0.4) is 0 Å². The van der Waals surface area contributed by atoms with Crippen LogP contribution in [0.1, 0.15) is 6.92 Å². The van der Waals surface area contributed by atoms with E-state index in [-0.39, 0.29) is 0 Å². The molecule has 1 saturated heterocycles. The maximum Gasteiger partial charge on any atom is 0.324 e. The van der Waals surface area contributed by atoms with Gasteiger partial charge in [-0.15, -0.1) is 11.8 Å². The van der Waals surface area contributed by atoms with Gasteiger partial charge in [-0.25, -0.2) is 0 Å². The third-order valence-electron chi connectivity index (χ3n) is 1.48. The van der Waals surface area contributed by atoms with E-state index in [9.17, 15) is 4.79 Å². The van der Waals surface area contributed by atoms with Crippen molar-refractivity contribution < 1.29 is 14.6 Å². The molecule has 3 nitrogen and oxygen atoms in total. The minimum Gasteiger partial charge on any atom is -0.480 e. The molecule has 1 fully saturated rings. The van der Waals surface area contributed by atoms with Gasteiger partial charge in [-0.3, -0.25) is 4.79 Å². The molecule has 0 aromatic rings. The second-order valence-corrected chi connectivity index (χ2v) is 3.87. The molecule has 0 spiro atoms. The predicted octanol–water partition coefficient (Wildman–Crippen LogP) is 0.593. The van der Waals surface area contributed by atoms with Crippen molar-refractivity contribution in [3.63, 3.8) is 0 Å². The lowest BCUT2D eigenvalue weighted by Gasteiger charge is -2.36. The summed E-state index contributed by atoms with van der Waals surface area (Å²) in [6.07, 6.45) is 0. The molecule has 1 rings (SSSR count). The summed E-state index contributed by atoms with van der Waals surface area (Å²) < 4.78 is 4.23. The Labute approximate surface area is 63.8 Å². The number of carbonyl (C=O) groups is 1. The third kappa shape index (κ3) is 1.13. The molecule has 0 aliphatic carbocycles. The van der Waals surface area contributed by atoms with Gasteiger partial charge in [0, 0.05) is 0 Å². The van der Waals surface area contributed by atoms with Gasteiger partial charge in [0.25, 0.3) is 0 Å². The summed E-state index contributed by atoms with van der Waals surface area (Å²) in [6.45, 7) is 2.68. The van der Waals surface area contributed by atoms with Gasteiger partial charge in [0.1, 0.15) is 0 Å². The molecule has 0 saturated carbocycles. The number of thioether (sulfide) groups is 1. The zero-order valence-electron chi connectivity index (χ0n) is 5.79. The number of rotatable bonds is 3. The zero-order chi connectivity index (χ0) is 7.61. The quantitative estimate of drug-likeness (QED) is 0.660. The van der Waals surface area contributed by atoms with Gasteiger partial charge in [-0.1, -0.05) is 6.92 Å². The minimum atomic E-state index is -0.745. The first-order valence-corrected chi connectivity index (χ1v) is 4.15. The number of hydrogen-bond acceptors (Lipinski definition) is 3. The molecule has 0 bridgehead atoms. The summed E-state index contributed by atoms with van der Waals surface area (Å²) >= 11 is 1.45. The second kappa shape index (κ2) is 2.80. The Morgan fingerprint density at radius 2 is 2.40 bits per heavy atom. The van der Waals surface area contributed by atoms with Crippen LogP contribution in [0.4, 0.5) is 0 Å². The topological polar surface area (TPSA) is 46.5 Å². The van der Waals surface area contributed by atoms with E-state index in [1.54, 1.807) is 0 Å². The van der Waals surface area contributed by atoms with E-state index in [2.05, 4.69) is 0 Å². The van der Waals surface area contributed by atoms with Crippen LogP contribution in [0.2, 0.25) is 0 Å². The van der Waals surface area contributed by atoms with E-state index in [0.717, 1.165) is 5.75 Å². The smallest absolute Gasteiger partial charge is 0.324 e. The fourth-order valence-corrected chi connectivity index (χ4v) is 1.84. The van der Waals surface area contributed by atoms with Crippen LogP contribution in [-0.2, 0) is 9.53 Å². The molecular formula is C6H10O3S. The molecule has 58 valence electrons. The first-order valence-electron chi connectivity index (χ1n) is 3.16. The van der Waals surface area contributed by atoms with Crippen LogP contribution in [0.25, 0.3) is 0 Å². The highest BCUT2D eigenvalue weighted by atomic mass is 32.2. The molecule has 0 radical (unpaired) electrons. The van der Waals surface area contributed by atoms with Crippen LogP contribution in [-0.4, -0.2) is 34.8 Å². The summed E-state index contributed by atoms with van der Waals surface area (Å²) in [4.78, 5) is 10.6. The molecule has 10 heavy (non-hydrogen) atoms. The Morgan fingerprint density at radius 3 is 2.50 bits per heavy atom. The third-order valence-corrected chi connectivity index (χ3v) is 2.73. The summed E-state index contributed by atoms with van der Waals surface area (Å²) in [5.41, 5.74) is 0. The lowest BCUT2D eigenvalue weighted by Crippen LogP contribution is -2.53. The number of hydrogen-bond donors (Lipinski definition) is 1. The van der Waals surface area contributed by atoms with Crippen molar-refractivity contribution in [2.45, 2.75) is 11.7 Å². The molecule has 0 atom stereocenters. The molecule has 0 amide bonds. The average molecular weight is 162 g/mol. The number of carboxylic acid groups (broad SMARTS) is 1. The van der Waals surface area contributed by atoms with E-state index < -0.39 is 10.7 Å². The van der Waals surface area contributed by atoms with Gasteiger partial charge in [-0.05, 0) is 5.75 Å². The van der Waals surface area contributed by atoms with Gasteiger partial charge in [0.05, 0.1) is 13.2 Å². The monoisotopic (exact) mass is 162 g/mol. The summed E-state index contributed by atoms with van der Waals surface area (Å²) in [7, 11) is 0. The summed E-state index contributed by atoms with van der Waals surface area (Å²) in [5, 5.41) is 8.71. The molecule has 1 aliphatic rings. The summed E-state index contributed by atoms with van der Waals surface area (Å²) in [5.74, 6) is 0.0842. The minimum absolute atomic E-state index is 0.362. The molecule has 1 N–H and O–H groups in total. The highest BCUT2D eigenvalue weighted by molar-refractivity contribution is 8.01. The van der Waals surface area contributed by atoms with E-state index >= 15 is 0 Å². The maximum absolute atomic E-state index is 10.6. The van der Waals surface area contributed by atoms with Crippen molar-refractivity contribution in [1.29, 1.82) is 0 Å². The molecule has 0 aromatic heterocycles. The molecule has 4 heteroatoms. The Balaban J connectivity index is 2.50. The van der Waals surface area contributed by atoms with Crippen molar-refractivity contribution in [1.82, 2.24) is 0 Å². The Morgan fingerprint density at radius 1 is 1.80 bits per heavy atom. The largest absolute Gasteiger partial charge is 0.480 e. The Hall–Kier alpha value is -0.220. The molecular weight excluding hydrogens is 152 g/mol. The van der Waals surface area contributed by atoms with E-state index in [4.69, 9.17) is 9.84 Å². The second-order valence-electron chi connectivity index (χ2n) is 2.23. The lowest BCUT2D eigenvalue weighted by molar-refractivity contribution is -0.151. The van der Waals surface area contributed by atoms with E-state index in [1.807, 2.05) is 6.92 Å². The lowest BCUT2D eigenvalue weighted by atomic mass is 10.1. The van der Waals surface area contributed by atoms with E-state index in [0.29, 0.717) is 13.2 Å². The van der Waals surface area contributed by atoms with Crippen LogP contribution < -0.4 is 0 Å². The average Bonchev–Trinajstić information content (AvgIpc) is 1.77. The standard InChI is InChI=1S/C6H10O3S/c1-2-10-6(5(7)8)3-9-4-6/h2-4H2,1H3,(H,7,8). The van der Waals surface area contributed by atoms with Crippen molar-refractivity contribution >= 4 is 17.7 Å². The number of ether oxygens (including phenoxy) is 1. The molecule has 0 aromatic carbocycles. The Bertz CT molecular complexity index is 142. The highest BCUT2D eigenvalue weighted by Crippen LogP contribution is 2.32. The first kappa shape index (κ1) is 7.88. The van der Waals surface area contributed by atoms with Crippen LogP contribution in [0.15, 0.2) is 0 Å².